The van der Waals surface area contributed by atoms with Gasteiger partial charge in [0.25, 0.3) is 0 Å². The number of hydrogen-bond donors (Lipinski definition) is 1. The number of aromatic nitrogens is 1. The van der Waals surface area contributed by atoms with Gasteiger partial charge in [-0.05, 0) is 37.7 Å². The van der Waals surface area contributed by atoms with Crippen molar-refractivity contribution in [2.75, 3.05) is 7.05 Å². The van der Waals surface area contributed by atoms with Crippen molar-refractivity contribution in [2.24, 2.45) is 0 Å². The second kappa shape index (κ2) is 4.94. The molecule has 0 aliphatic rings. The van der Waals surface area contributed by atoms with E-state index in [2.05, 4.69) is 22.4 Å². The molecule has 3 heteroatoms. The summed E-state index contributed by atoms with van der Waals surface area (Å²) in [4.78, 5) is 4.39. The topological polar surface area (TPSA) is 38.1 Å². The van der Waals surface area contributed by atoms with Gasteiger partial charge < -0.3 is 9.73 Å². The zero-order valence-electron chi connectivity index (χ0n) is 9.60. The van der Waals surface area contributed by atoms with Crippen LogP contribution in [0.25, 0.3) is 0 Å². The monoisotopic (exact) mass is 216 g/mol. The Morgan fingerprint density at radius 1 is 1.38 bits per heavy atom. The quantitative estimate of drug-likeness (QED) is 0.853. The summed E-state index contributed by atoms with van der Waals surface area (Å²) in [5.74, 6) is 0.949. The molecule has 1 atom stereocenters. The lowest BCUT2D eigenvalue weighted by atomic mass is 10.1. The van der Waals surface area contributed by atoms with Crippen LogP contribution in [0.1, 0.15) is 23.1 Å². The third-order valence-electron chi connectivity index (χ3n) is 2.62. The predicted molar refractivity (Wildman–Crippen MR) is 63.2 cm³/mol. The van der Waals surface area contributed by atoms with E-state index in [1.165, 1.54) is 5.56 Å². The lowest BCUT2D eigenvalue weighted by Crippen LogP contribution is -2.18. The summed E-state index contributed by atoms with van der Waals surface area (Å²) in [6.07, 6.45) is 4.43. The molecule has 0 bridgehead atoms. The third kappa shape index (κ3) is 2.49. The molecule has 16 heavy (non-hydrogen) atoms. The van der Waals surface area contributed by atoms with Gasteiger partial charge in [-0.2, -0.15) is 0 Å². The molecule has 0 radical (unpaired) electrons. The molecule has 0 saturated carbocycles. The molecule has 0 aliphatic carbocycles. The van der Waals surface area contributed by atoms with Crippen LogP contribution in [0.2, 0.25) is 0 Å². The van der Waals surface area contributed by atoms with Crippen molar-refractivity contribution in [3.8, 4) is 0 Å². The first kappa shape index (κ1) is 10.9. The lowest BCUT2D eigenvalue weighted by Gasteiger charge is -2.12. The Morgan fingerprint density at radius 3 is 2.81 bits per heavy atom. The van der Waals surface area contributed by atoms with Crippen LogP contribution in [0, 0.1) is 6.92 Å². The van der Waals surface area contributed by atoms with Crippen LogP contribution >= 0.6 is 0 Å². The van der Waals surface area contributed by atoms with Crippen molar-refractivity contribution in [1.82, 2.24) is 10.3 Å². The maximum Gasteiger partial charge on any atom is 0.121 e. The molecule has 1 unspecified atom stereocenters. The molecule has 0 saturated heterocycles. The Kier molecular flexibility index (Phi) is 3.37. The predicted octanol–water partition coefficient (Wildman–Crippen LogP) is 2.49. The maximum absolute atomic E-state index is 5.39. The highest BCUT2D eigenvalue weighted by Gasteiger charge is 2.12. The summed E-state index contributed by atoms with van der Waals surface area (Å²) in [5, 5.41) is 3.23. The maximum atomic E-state index is 5.39. The minimum atomic E-state index is 0.185. The normalized spacial score (nSPS) is 12.6. The molecule has 2 aromatic rings. The van der Waals surface area contributed by atoms with Gasteiger partial charge in [0.2, 0.25) is 0 Å². The molecule has 1 N–H and O–H groups in total. The second-order valence-corrected chi connectivity index (χ2v) is 3.89. The molecule has 2 aromatic heterocycles. The first-order valence-corrected chi connectivity index (χ1v) is 5.42. The summed E-state index contributed by atoms with van der Waals surface area (Å²) in [7, 11) is 1.93. The number of likely N-dealkylation sites (N-methyl/N-ethyl adjacent to an activating group) is 1. The average molecular weight is 216 g/mol. The first-order chi connectivity index (χ1) is 7.79. The van der Waals surface area contributed by atoms with Gasteiger partial charge in [0, 0.05) is 18.3 Å². The Morgan fingerprint density at radius 2 is 2.25 bits per heavy atom. The number of furan rings is 1. The van der Waals surface area contributed by atoms with E-state index < -0.39 is 0 Å². The van der Waals surface area contributed by atoms with E-state index in [0.29, 0.717) is 0 Å². The fourth-order valence-electron chi connectivity index (χ4n) is 1.66. The molecule has 0 aromatic carbocycles. The summed E-state index contributed by atoms with van der Waals surface area (Å²) in [6, 6.07) is 8.21. The van der Waals surface area contributed by atoms with Gasteiger partial charge in [0.05, 0.1) is 12.3 Å². The van der Waals surface area contributed by atoms with Crippen LogP contribution in [0.3, 0.4) is 0 Å². The number of hydrogen-bond acceptors (Lipinski definition) is 3. The smallest absolute Gasteiger partial charge is 0.121 e. The fraction of sp³-hybridized carbons (Fsp3) is 0.308. The van der Waals surface area contributed by atoms with Crippen LogP contribution in [0.15, 0.2) is 41.1 Å². The van der Waals surface area contributed by atoms with Crippen LogP contribution in [-0.2, 0) is 6.42 Å². The molecule has 3 nitrogen and oxygen atoms in total. The van der Waals surface area contributed by atoms with E-state index in [1.54, 1.807) is 6.26 Å². The van der Waals surface area contributed by atoms with Gasteiger partial charge in [-0.25, -0.2) is 0 Å². The van der Waals surface area contributed by atoms with Gasteiger partial charge in [-0.3, -0.25) is 4.98 Å². The van der Waals surface area contributed by atoms with Crippen LogP contribution in [0.4, 0.5) is 0 Å². The Labute approximate surface area is 95.5 Å². The van der Waals surface area contributed by atoms with E-state index in [1.807, 2.05) is 32.3 Å². The first-order valence-electron chi connectivity index (χ1n) is 5.42. The molecule has 2 heterocycles. The summed E-state index contributed by atoms with van der Waals surface area (Å²) in [6.45, 7) is 2.04. The van der Waals surface area contributed by atoms with Crippen LogP contribution in [0.5, 0.6) is 0 Å². The van der Waals surface area contributed by atoms with Crippen molar-refractivity contribution in [3.63, 3.8) is 0 Å². The second-order valence-electron chi connectivity index (χ2n) is 3.89. The van der Waals surface area contributed by atoms with Crippen LogP contribution < -0.4 is 5.32 Å². The molecule has 0 fully saturated rings. The zero-order chi connectivity index (χ0) is 11.4. The number of rotatable bonds is 4. The van der Waals surface area contributed by atoms with Gasteiger partial charge in [0.15, 0.2) is 0 Å². The molecule has 0 spiro atoms. The lowest BCUT2D eigenvalue weighted by molar-refractivity contribution is 0.427. The Bertz CT molecular complexity index is 420. The molecule has 2 rings (SSSR count). The van der Waals surface area contributed by atoms with Gasteiger partial charge in [0.1, 0.15) is 5.76 Å². The summed E-state index contributed by atoms with van der Waals surface area (Å²) < 4.78 is 5.39. The fourth-order valence-corrected chi connectivity index (χ4v) is 1.66. The largest absolute Gasteiger partial charge is 0.468 e. The van der Waals surface area contributed by atoms with Crippen molar-refractivity contribution < 1.29 is 4.42 Å². The van der Waals surface area contributed by atoms with E-state index in [9.17, 15) is 0 Å². The van der Waals surface area contributed by atoms with E-state index in [0.717, 1.165) is 17.9 Å². The van der Waals surface area contributed by atoms with E-state index in [-0.39, 0.29) is 6.04 Å². The standard InChI is InChI=1S/C13H16N2O/c1-10-5-6-11(15-9-10)8-12(14-2)13-4-3-7-16-13/h3-7,9,12,14H,8H2,1-2H3. The van der Waals surface area contributed by atoms with Crippen molar-refractivity contribution in [3.05, 3.63) is 53.7 Å². The summed E-state index contributed by atoms with van der Waals surface area (Å²) in [5.41, 5.74) is 2.25. The highest BCUT2D eigenvalue weighted by molar-refractivity contribution is 5.15. The highest BCUT2D eigenvalue weighted by Crippen LogP contribution is 2.17. The minimum Gasteiger partial charge on any atom is -0.468 e. The van der Waals surface area contributed by atoms with Gasteiger partial charge in [-0.15, -0.1) is 0 Å². The summed E-state index contributed by atoms with van der Waals surface area (Å²) >= 11 is 0. The minimum absolute atomic E-state index is 0.185. The third-order valence-corrected chi connectivity index (χ3v) is 2.62. The van der Waals surface area contributed by atoms with Crippen molar-refractivity contribution in [2.45, 2.75) is 19.4 Å². The SMILES string of the molecule is CNC(Cc1ccc(C)cn1)c1ccco1. The van der Waals surface area contributed by atoms with Gasteiger partial charge in [-0.1, -0.05) is 6.07 Å². The molecule has 84 valence electrons. The van der Waals surface area contributed by atoms with E-state index in [4.69, 9.17) is 4.42 Å². The molecular weight excluding hydrogens is 200 g/mol. The average Bonchev–Trinajstić information content (AvgIpc) is 2.82. The van der Waals surface area contributed by atoms with E-state index >= 15 is 0 Å². The highest BCUT2D eigenvalue weighted by atomic mass is 16.3. The number of aryl methyl sites for hydroxylation is 1. The number of nitrogens with zero attached hydrogens (tertiary/aromatic N) is 1. The van der Waals surface area contributed by atoms with Crippen molar-refractivity contribution in [1.29, 1.82) is 0 Å². The Hall–Kier alpha value is -1.61. The molecule has 0 aliphatic heterocycles. The van der Waals surface area contributed by atoms with Crippen LogP contribution in [-0.4, -0.2) is 12.0 Å². The number of nitrogens with one attached hydrogen (secondary N) is 1. The number of pyridine rings is 1. The van der Waals surface area contributed by atoms with Gasteiger partial charge >= 0.3 is 0 Å². The zero-order valence-corrected chi connectivity index (χ0v) is 9.60. The molecule has 0 amide bonds. The molecular formula is C13H16N2O. The Balaban J connectivity index is 2.10. The van der Waals surface area contributed by atoms with Crippen molar-refractivity contribution >= 4 is 0 Å².